The zero-order chi connectivity index (χ0) is 20.1. The molecule has 0 aliphatic carbocycles. The molecule has 1 N–H and O–H groups in total. The predicted molar refractivity (Wildman–Crippen MR) is 105 cm³/mol. The average Bonchev–Trinajstić information content (AvgIpc) is 2.65. The Balaban J connectivity index is 2.00. The van der Waals surface area contributed by atoms with Crippen molar-refractivity contribution < 1.29 is 14.4 Å². The number of benzene rings is 1. The highest BCUT2D eigenvalue weighted by Crippen LogP contribution is 2.13. The molecule has 27 heavy (non-hydrogen) atoms. The molecule has 148 valence electrons. The highest BCUT2D eigenvalue weighted by atomic mass is 16.2. The van der Waals surface area contributed by atoms with Gasteiger partial charge in [0.1, 0.15) is 6.04 Å². The largest absolute Gasteiger partial charge is 0.340 e. The Bertz CT molecular complexity index is 674. The van der Waals surface area contributed by atoms with E-state index in [9.17, 15) is 14.4 Å². The summed E-state index contributed by atoms with van der Waals surface area (Å²) in [6, 6.07) is 6.72. The SMILES string of the molecule is Cc1ccc(C(=O)NC(C(=O)N2CCN(C(=O)C(C)C)CC2)C(C)C)cc1. The van der Waals surface area contributed by atoms with Crippen molar-refractivity contribution in [1.82, 2.24) is 15.1 Å². The van der Waals surface area contributed by atoms with Crippen LogP contribution in [0.15, 0.2) is 24.3 Å². The second-order valence-electron chi connectivity index (χ2n) is 7.87. The molecule has 1 heterocycles. The second-order valence-corrected chi connectivity index (χ2v) is 7.87. The molecule has 6 heteroatoms. The third-order valence-corrected chi connectivity index (χ3v) is 4.93. The van der Waals surface area contributed by atoms with E-state index in [1.807, 2.05) is 51.7 Å². The number of carbonyl (C=O) groups excluding carboxylic acids is 3. The Kier molecular flexibility index (Phi) is 6.99. The van der Waals surface area contributed by atoms with Gasteiger partial charge in [0.15, 0.2) is 0 Å². The molecule has 0 spiro atoms. The van der Waals surface area contributed by atoms with Crippen LogP contribution in [0.1, 0.15) is 43.6 Å². The number of hydrogen-bond acceptors (Lipinski definition) is 3. The lowest BCUT2D eigenvalue weighted by Gasteiger charge is -2.37. The summed E-state index contributed by atoms with van der Waals surface area (Å²) in [5.41, 5.74) is 1.63. The van der Waals surface area contributed by atoms with Crippen molar-refractivity contribution in [2.45, 2.75) is 40.7 Å². The average molecular weight is 373 g/mol. The third-order valence-electron chi connectivity index (χ3n) is 4.93. The quantitative estimate of drug-likeness (QED) is 0.859. The van der Waals surface area contributed by atoms with Gasteiger partial charge in [0.05, 0.1) is 0 Å². The summed E-state index contributed by atoms with van der Waals surface area (Å²) in [6.45, 7) is 11.7. The topological polar surface area (TPSA) is 69.7 Å². The van der Waals surface area contributed by atoms with Crippen molar-refractivity contribution in [2.75, 3.05) is 26.2 Å². The lowest BCUT2D eigenvalue weighted by molar-refractivity contribution is -0.142. The van der Waals surface area contributed by atoms with Crippen molar-refractivity contribution >= 4 is 17.7 Å². The summed E-state index contributed by atoms with van der Waals surface area (Å²) in [7, 11) is 0. The highest BCUT2D eigenvalue weighted by Gasteiger charge is 2.32. The van der Waals surface area contributed by atoms with Crippen LogP contribution in [0.25, 0.3) is 0 Å². The number of hydrogen-bond donors (Lipinski definition) is 1. The Morgan fingerprint density at radius 2 is 1.33 bits per heavy atom. The molecule has 0 radical (unpaired) electrons. The van der Waals surface area contributed by atoms with E-state index in [2.05, 4.69) is 5.32 Å². The van der Waals surface area contributed by atoms with Gasteiger partial charge in [-0.15, -0.1) is 0 Å². The number of carbonyl (C=O) groups is 3. The van der Waals surface area contributed by atoms with E-state index in [-0.39, 0.29) is 29.6 Å². The first kappa shape index (κ1) is 20.9. The van der Waals surface area contributed by atoms with Crippen LogP contribution in [0.2, 0.25) is 0 Å². The van der Waals surface area contributed by atoms with Gasteiger partial charge in [0.2, 0.25) is 11.8 Å². The van der Waals surface area contributed by atoms with Gasteiger partial charge in [-0.3, -0.25) is 14.4 Å². The third kappa shape index (κ3) is 5.31. The molecule has 1 fully saturated rings. The summed E-state index contributed by atoms with van der Waals surface area (Å²) in [5, 5.41) is 2.89. The Morgan fingerprint density at radius 1 is 0.852 bits per heavy atom. The monoisotopic (exact) mass is 373 g/mol. The number of nitrogens with zero attached hydrogens (tertiary/aromatic N) is 2. The molecule has 6 nitrogen and oxygen atoms in total. The molecule has 1 aromatic carbocycles. The molecule has 1 unspecified atom stereocenters. The Hall–Kier alpha value is -2.37. The molecule has 1 saturated heterocycles. The molecule has 1 atom stereocenters. The standard InChI is InChI=1S/C21H31N3O3/c1-14(2)18(22-19(25)17-8-6-16(5)7-9-17)21(27)24-12-10-23(11-13-24)20(26)15(3)4/h6-9,14-15,18H,10-13H2,1-5H3,(H,22,25). The molecule has 3 amide bonds. The summed E-state index contributed by atoms with van der Waals surface area (Å²) < 4.78 is 0. The van der Waals surface area contributed by atoms with E-state index in [1.54, 1.807) is 17.0 Å². The maximum atomic E-state index is 13.0. The van der Waals surface area contributed by atoms with Crippen molar-refractivity contribution in [2.24, 2.45) is 11.8 Å². The first-order chi connectivity index (χ1) is 12.7. The first-order valence-electron chi connectivity index (χ1n) is 9.65. The van der Waals surface area contributed by atoms with Gasteiger partial charge < -0.3 is 15.1 Å². The van der Waals surface area contributed by atoms with Gasteiger partial charge in [0.25, 0.3) is 5.91 Å². The highest BCUT2D eigenvalue weighted by molar-refractivity contribution is 5.97. The van der Waals surface area contributed by atoms with Crippen molar-refractivity contribution in [3.63, 3.8) is 0 Å². The fraction of sp³-hybridized carbons (Fsp3) is 0.571. The van der Waals surface area contributed by atoms with Crippen molar-refractivity contribution in [3.8, 4) is 0 Å². The van der Waals surface area contributed by atoms with Crippen LogP contribution in [0, 0.1) is 18.8 Å². The van der Waals surface area contributed by atoms with Crippen molar-refractivity contribution in [1.29, 1.82) is 0 Å². The van der Waals surface area contributed by atoms with Gasteiger partial charge in [-0.25, -0.2) is 0 Å². The minimum absolute atomic E-state index is 0.0257. The predicted octanol–water partition coefficient (Wildman–Crippen LogP) is 2.08. The number of amides is 3. The van der Waals surface area contributed by atoms with Crippen LogP contribution in [0.5, 0.6) is 0 Å². The van der Waals surface area contributed by atoms with Crippen LogP contribution in [0.3, 0.4) is 0 Å². The number of piperazine rings is 1. The van der Waals surface area contributed by atoms with E-state index in [1.165, 1.54) is 0 Å². The number of nitrogens with one attached hydrogen (secondary N) is 1. The summed E-state index contributed by atoms with van der Waals surface area (Å²) in [4.78, 5) is 41.2. The minimum atomic E-state index is -0.578. The van der Waals surface area contributed by atoms with Gasteiger partial charge >= 0.3 is 0 Å². The first-order valence-corrected chi connectivity index (χ1v) is 9.65. The van der Waals surface area contributed by atoms with Crippen LogP contribution in [0.4, 0.5) is 0 Å². The fourth-order valence-electron chi connectivity index (χ4n) is 3.15. The van der Waals surface area contributed by atoms with Crippen molar-refractivity contribution in [3.05, 3.63) is 35.4 Å². The summed E-state index contributed by atoms with van der Waals surface area (Å²) in [6.07, 6.45) is 0. The van der Waals surface area contributed by atoms with Crippen LogP contribution < -0.4 is 5.32 Å². The molecular weight excluding hydrogens is 342 g/mol. The zero-order valence-corrected chi connectivity index (χ0v) is 17.0. The van der Waals surface area contributed by atoms with Gasteiger partial charge in [-0.2, -0.15) is 0 Å². The van der Waals surface area contributed by atoms with Crippen LogP contribution in [-0.4, -0.2) is 59.7 Å². The Labute approximate surface area is 161 Å². The lowest BCUT2D eigenvalue weighted by atomic mass is 10.0. The van der Waals surface area contributed by atoms with Gasteiger partial charge in [-0.05, 0) is 25.0 Å². The molecule has 0 bridgehead atoms. The fourth-order valence-corrected chi connectivity index (χ4v) is 3.15. The van der Waals surface area contributed by atoms with Crippen LogP contribution in [-0.2, 0) is 9.59 Å². The van der Waals surface area contributed by atoms with E-state index >= 15 is 0 Å². The number of aryl methyl sites for hydroxylation is 1. The van der Waals surface area contributed by atoms with E-state index in [0.29, 0.717) is 31.7 Å². The maximum Gasteiger partial charge on any atom is 0.251 e. The maximum absolute atomic E-state index is 13.0. The van der Waals surface area contributed by atoms with Gasteiger partial charge in [-0.1, -0.05) is 45.4 Å². The second kappa shape index (κ2) is 9.02. The zero-order valence-electron chi connectivity index (χ0n) is 17.0. The molecular formula is C21H31N3O3. The Morgan fingerprint density at radius 3 is 1.78 bits per heavy atom. The van der Waals surface area contributed by atoms with E-state index < -0.39 is 6.04 Å². The minimum Gasteiger partial charge on any atom is -0.340 e. The molecule has 1 aromatic rings. The normalized spacial score (nSPS) is 15.8. The molecule has 1 aliphatic rings. The smallest absolute Gasteiger partial charge is 0.251 e. The summed E-state index contributed by atoms with van der Waals surface area (Å²) >= 11 is 0. The van der Waals surface area contributed by atoms with E-state index in [4.69, 9.17) is 0 Å². The molecule has 0 saturated carbocycles. The lowest BCUT2D eigenvalue weighted by Crippen LogP contribution is -2.57. The number of rotatable bonds is 5. The van der Waals surface area contributed by atoms with Gasteiger partial charge in [0, 0.05) is 37.7 Å². The van der Waals surface area contributed by atoms with Crippen LogP contribution >= 0.6 is 0 Å². The summed E-state index contributed by atoms with van der Waals surface area (Å²) in [5.74, 6) is -0.264. The molecule has 2 rings (SSSR count). The molecule has 0 aromatic heterocycles. The van der Waals surface area contributed by atoms with E-state index in [0.717, 1.165) is 5.56 Å². The molecule has 1 aliphatic heterocycles.